The molecular formula is C18H20N4OS. The summed E-state index contributed by atoms with van der Waals surface area (Å²) >= 11 is 1.52. The molecule has 1 aromatic carbocycles. The van der Waals surface area contributed by atoms with Gasteiger partial charge in [-0.25, -0.2) is 0 Å². The number of aryl methyl sites for hydroxylation is 2. The number of thiazole rings is 1. The quantitative estimate of drug-likeness (QED) is 0.668. The molecule has 3 aromatic rings. The van der Waals surface area contributed by atoms with Crippen LogP contribution in [-0.2, 0) is 19.5 Å². The summed E-state index contributed by atoms with van der Waals surface area (Å²) in [6.07, 6.45) is 4.59. The second-order valence-corrected chi connectivity index (χ2v) is 6.42. The molecule has 0 N–H and O–H groups in total. The second kappa shape index (κ2) is 6.97. The largest absolute Gasteiger partial charge is 0.312 e. The van der Waals surface area contributed by atoms with E-state index in [0.29, 0.717) is 17.0 Å². The number of allylic oxidation sites excluding steroid dienone is 1. The van der Waals surface area contributed by atoms with Gasteiger partial charge in [0.15, 0.2) is 10.5 Å². The van der Waals surface area contributed by atoms with Crippen molar-refractivity contribution in [1.82, 2.24) is 14.3 Å². The number of rotatable bonds is 5. The van der Waals surface area contributed by atoms with Gasteiger partial charge in [-0.1, -0.05) is 30.4 Å². The molecule has 2 aromatic heterocycles. The summed E-state index contributed by atoms with van der Waals surface area (Å²) in [5, 5.41) is 4.23. The zero-order valence-electron chi connectivity index (χ0n) is 13.9. The van der Waals surface area contributed by atoms with Crippen LogP contribution in [0.3, 0.4) is 0 Å². The van der Waals surface area contributed by atoms with Crippen LogP contribution in [0.1, 0.15) is 29.9 Å². The average Bonchev–Trinajstić information content (AvgIpc) is 3.20. The Morgan fingerprint density at radius 1 is 1.38 bits per heavy atom. The van der Waals surface area contributed by atoms with E-state index in [-0.39, 0.29) is 5.91 Å². The molecule has 0 unspecified atom stereocenters. The SMILES string of the molecule is C=CCn1c(=NC(=O)c2ccn(CC)n2)sc2cc(CC)ccc21. The van der Waals surface area contributed by atoms with Crippen molar-refractivity contribution in [3.8, 4) is 0 Å². The van der Waals surface area contributed by atoms with Crippen molar-refractivity contribution in [2.75, 3.05) is 0 Å². The van der Waals surface area contributed by atoms with E-state index in [9.17, 15) is 4.79 Å². The number of nitrogens with zero attached hydrogens (tertiary/aromatic N) is 4. The Bertz CT molecular complexity index is 961. The number of aromatic nitrogens is 3. The molecule has 0 radical (unpaired) electrons. The highest BCUT2D eigenvalue weighted by Crippen LogP contribution is 2.20. The van der Waals surface area contributed by atoms with Crippen molar-refractivity contribution in [1.29, 1.82) is 0 Å². The molecule has 6 heteroatoms. The van der Waals surface area contributed by atoms with E-state index < -0.39 is 0 Å². The fourth-order valence-electron chi connectivity index (χ4n) is 2.52. The van der Waals surface area contributed by atoms with Crippen molar-refractivity contribution in [2.45, 2.75) is 33.4 Å². The highest BCUT2D eigenvalue weighted by molar-refractivity contribution is 7.16. The first-order valence-corrected chi connectivity index (χ1v) is 8.83. The van der Waals surface area contributed by atoms with Gasteiger partial charge in [0, 0.05) is 19.3 Å². The summed E-state index contributed by atoms with van der Waals surface area (Å²) in [7, 11) is 0. The minimum Gasteiger partial charge on any atom is -0.312 e. The highest BCUT2D eigenvalue weighted by atomic mass is 32.1. The van der Waals surface area contributed by atoms with Gasteiger partial charge in [-0.3, -0.25) is 9.48 Å². The van der Waals surface area contributed by atoms with E-state index in [1.165, 1.54) is 16.9 Å². The van der Waals surface area contributed by atoms with E-state index in [4.69, 9.17) is 0 Å². The van der Waals surface area contributed by atoms with Crippen molar-refractivity contribution >= 4 is 27.5 Å². The molecule has 24 heavy (non-hydrogen) atoms. The Kier molecular flexibility index (Phi) is 4.76. The number of fused-ring (bicyclic) bond motifs is 1. The molecule has 0 saturated heterocycles. The first-order chi connectivity index (χ1) is 11.7. The van der Waals surface area contributed by atoms with Gasteiger partial charge in [-0.05, 0) is 37.1 Å². The minimum atomic E-state index is -0.317. The fraction of sp³-hybridized carbons (Fsp3) is 0.278. The van der Waals surface area contributed by atoms with E-state index in [2.05, 4.69) is 41.8 Å². The zero-order valence-corrected chi connectivity index (χ0v) is 14.7. The molecule has 0 saturated carbocycles. The number of amides is 1. The van der Waals surface area contributed by atoms with Gasteiger partial charge >= 0.3 is 0 Å². The maximum absolute atomic E-state index is 12.4. The fourth-order valence-corrected chi connectivity index (χ4v) is 3.63. The van der Waals surface area contributed by atoms with Gasteiger partial charge in [0.05, 0.1) is 10.2 Å². The van der Waals surface area contributed by atoms with Gasteiger partial charge in [-0.15, -0.1) is 6.58 Å². The second-order valence-electron chi connectivity index (χ2n) is 5.41. The maximum Gasteiger partial charge on any atom is 0.300 e. The Morgan fingerprint density at radius 2 is 2.21 bits per heavy atom. The summed E-state index contributed by atoms with van der Waals surface area (Å²) in [6.45, 7) is 9.26. The van der Waals surface area contributed by atoms with E-state index >= 15 is 0 Å². The third-order valence-corrected chi connectivity index (χ3v) is 4.89. The molecule has 0 fully saturated rings. The van der Waals surface area contributed by atoms with Crippen molar-refractivity contribution in [2.24, 2.45) is 4.99 Å². The van der Waals surface area contributed by atoms with Crippen LogP contribution >= 0.6 is 11.3 Å². The number of carbonyl (C=O) groups excluding carboxylic acids is 1. The lowest BCUT2D eigenvalue weighted by Gasteiger charge is -2.01. The lowest BCUT2D eigenvalue weighted by atomic mass is 10.2. The molecule has 0 atom stereocenters. The predicted molar refractivity (Wildman–Crippen MR) is 97.2 cm³/mol. The molecule has 3 rings (SSSR count). The first kappa shape index (κ1) is 16.4. The Balaban J connectivity index is 2.10. The normalized spacial score (nSPS) is 12.0. The lowest BCUT2D eigenvalue weighted by Crippen LogP contribution is -2.16. The third kappa shape index (κ3) is 3.10. The van der Waals surface area contributed by atoms with Crippen LogP contribution in [-0.4, -0.2) is 20.3 Å². The van der Waals surface area contributed by atoms with Crippen LogP contribution in [0.5, 0.6) is 0 Å². The molecule has 1 amide bonds. The zero-order chi connectivity index (χ0) is 17.1. The van der Waals surface area contributed by atoms with E-state index in [1.807, 2.05) is 17.6 Å². The topological polar surface area (TPSA) is 52.2 Å². The van der Waals surface area contributed by atoms with Gasteiger partial charge in [-0.2, -0.15) is 10.1 Å². The van der Waals surface area contributed by atoms with Crippen LogP contribution < -0.4 is 4.80 Å². The summed E-state index contributed by atoms with van der Waals surface area (Å²) in [6, 6.07) is 8.07. The first-order valence-electron chi connectivity index (χ1n) is 8.02. The van der Waals surface area contributed by atoms with Crippen LogP contribution in [0.25, 0.3) is 10.2 Å². The molecule has 2 heterocycles. The average molecular weight is 340 g/mol. The molecule has 0 aliphatic rings. The number of benzene rings is 1. The summed E-state index contributed by atoms with van der Waals surface area (Å²) in [5.41, 5.74) is 2.71. The molecular weight excluding hydrogens is 320 g/mol. The van der Waals surface area contributed by atoms with Gasteiger partial charge in [0.1, 0.15) is 0 Å². The lowest BCUT2D eigenvalue weighted by molar-refractivity contribution is 0.0992. The summed E-state index contributed by atoms with van der Waals surface area (Å²) in [5.74, 6) is -0.317. The van der Waals surface area contributed by atoms with Crippen molar-refractivity contribution in [3.63, 3.8) is 0 Å². The van der Waals surface area contributed by atoms with Crippen LogP contribution in [0.2, 0.25) is 0 Å². The summed E-state index contributed by atoms with van der Waals surface area (Å²) in [4.78, 5) is 17.4. The Hall–Kier alpha value is -2.47. The minimum absolute atomic E-state index is 0.317. The van der Waals surface area contributed by atoms with E-state index in [1.54, 1.807) is 16.9 Å². The molecule has 0 spiro atoms. The summed E-state index contributed by atoms with van der Waals surface area (Å²) < 4.78 is 4.86. The van der Waals surface area contributed by atoms with Gasteiger partial charge in [0.25, 0.3) is 5.91 Å². The molecule has 124 valence electrons. The van der Waals surface area contributed by atoms with Gasteiger partial charge in [0.2, 0.25) is 0 Å². The molecule has 5 nitrogen and oxygen atoms in total. The van der Waals surface area contributed by atoms with Crippen molar-refractivity contribution in [3.05, 3.63) is 59.2 Å². The Labute approximate surface area is 144 Å². The highest BCUT2D eigenvalue weighted by Gasteiger charge is 2.11. The molecule has 0 aliphatic heterocycles. The number of carbonyl (C=O) groups is 1. The van der Waals surface area contributed by atoms with Crippen LogP contribution in [0.15, 0.2) is 48.1 Å². The third-order valence-electron chi connectivity index (χ3n) is 3.85. The van der Waals surface area contributed by atoms with E-state index in [0.717, 1.165) is 23.2 Å². The number of hydrogen-bond donors (Lipinski definition) is 0. The molecule has 0 aliphatic carbocycles. The predicted octanol–water partition coefficient (Wildman–Crippen LogP) is 3.41. The maximum atomic E-state index is 12.4. The Morgan fingerprint density at radius 3 is 2.88 bits per heavy atom. The molecule has 0 bridgehead atoms. The number of hydrogen-bond acceptors (Lipinski definition) is 3. The smallest absolute Gasteiger partial charge is 0.300 e. The monoisotopic (exact) mass is 340 g/mol. The van der Waals surface area contributed by atoms with Gasteiger partial charge < -0.3 is 4.57 Å². The standard InChI is InChI=1S/C18H20N4OS/c1-4-10-22-15-8-7-13(5-2)12-16(15)24-18(22)19-17(23)14-9-11-21(6-3)20-14/h4,7-9,11-12H,1,5-6,10H2,2-3H3. The van der Waals surface area contributed by atoms with Crippen LogP contribution in [0.4, 0.5) is 0 Å². The van der Waals surface area contributed by atoms with Crippen LogP contribution in [0, 0.1) is 0 Å². The van der Waals surface area contributed by atoms with Crippen molar-refractivity contribution < 1.29 is 4.79 Å².